The van der Waals surface area contributed by atoms with Crippen LogP contribution < -0.4 is 5.32 Å². The number of carbonyl (C=O) groups excluding carboxylic acids is 1. The fourth-order valence-electron chi connectivity index (χ4n) is 2.95. The van der Waals surface area contributed by atoms with E-state index in [9.17, 15) is 9.90 Å². The average molecular weight is 281 g/mol. The van der Waals surface area contributed by atoms with Gasteiger partial charge in [0.15, 0.2) is 0 Å². The zero-order valence-electron chi connectivity index (χ0n) is 11.8. The molecule has 1 aliphatic carbocycles. The highest BCUT2D eigenvalue weighted by Gasteiger charge is 2.28. The van der Waals surface area contributed by atoms with Crippen LogP contribution in [-0.2, 0) is 17.6 Å². The first kappa shape index (κ1) is 13.8. The number of hydrogen-bond donors (Lipinski definition) is 2. The van der Waals surface area contributed by atoms with Crippen LogP contribution in [0.25, 0.3) is 0 Å². The quantitative estimate of drug-likeness (QED) is 0.903. The maximum Gasteiger partial charge on any atom is 0.224 e. The van der Waals surface area contributed by atoms with E-state index in [-0.39, 0.29) is 24.5 Å². The van der Waals surface area contributed by atoms with Crippen molar-refractivity contribution < 1.29 is 9.90 Å². The molecule has 0 aromatic heterocycles. The van der Waals surface area contributed by atoms with Gasteiger partial charge in [0.1, 0.15) is 0 Å². The second-order valence-electron chi connectivity index (χ2n) is 5.53. The molecule has 1 aliphatic rings. The van der Waals surface area contributed by atoms with Crippen LogP contribution in [0.5, 0.6) is 0 Å². The number of aliphatic hydroxyl groups excluding tert-OH is 1. The van der Waals surface area contributed by atoms with Crippen LogP contribution in [0.3, 0.4) is 0 Å². The standard InChI is InChI=1S/C18H19NO2/c20-12-17(13-6-2-1-3-7-13)19-18(21)16-10-14-8-4-5-9-15(14)11-16/h1-9,16-17,20H,10-12H2,(H,19,21)/t17-/m0/s1. The van der Waals surface area contributed by atoms with Crippen molar-refractivity contribution in [3.05, 3.63) is 71.3 Å². The number of nitrogens with one attached hydrogen (secondary N) is 1. The Hall–Kier alpha value is -2.13. The molecule has 0 aliphatic heterocycles. The normalized spacial score (nSPS) is 15.5. The average Bonchev–Trinajstić information content (AvgIpc) is 2.97. The molecule has 1 amide bonds. The number of fused-ring (bicyclic) bond motifs is 1. The summed E-state index contributed by atoms with van der Waals surface area (Å²) in [6.07, 6.45) is 1.57. The molecule has 0 saturated carbocycles. The molecule has 3 nitrogen and oxygen atoms in total. The first-order valence-electron chi connectivity index (χ1n) is 7.31. The molecular formula is C18H19NO2. The number of amides is 1. The van der Waals surface area contributed by atoms with Gasteiger partial charge in [-0.15, -0.1) is 0 Å². The molecule has 0 spiro atoms. The first-order chi connectivity index (χ1) is 10.3. The van der Waals surface area contributed by atoms with E-state index in [2.05, 4.69) is 17.4 Å². The monoisotopic (exact) mass is 281 g/mol. The van der Waals surface area contributed by atoms with Crippen LogP contribution in [0.1, 0.15) is 22.7 Å². The van der Waals surface area contributed by atoms with Crippen molar-refractivity contribution in [2.75, 3.05) is 6.61 Å². The van der Waals surface area contributed by atoms with Crippen LogP contribution in [0.2, 0.25) is 0 Å². The Morgan fingerprint density at radius 2 is 1.62 bits per heavy atom. The second-order valence-corrected chi connectivity index (χ2v) is 5.53. The molecule has 0 heterocycles. The number of rotatable bonds is 4. The van der Waals surface area contributed by atoms with Crippen molar-refractivity contribution in [1.29, 1.82) is 0 Å². The first-order valence-corrected chi connectivity index (χ1v) is 7.31. The third-order valence-electron chi connectivity index (χ3n) is 4.12. The van der Waals surface area contributed by atoms with Gasteiger partial charge in [0.25, 0.3) is 0 Å². The Labute approximate surface area is 124 Å². The third-order valence-corrected chi connectivity index (χ3v) is 4.12. The molecule has 0 saturated heterocycles. The van der Waals surface area contributed by atoms with Crippen molar-refractivity contribution in [2.45, 2.75) is 18.9 Å². The Kier molecular flexibility index (Phi) is 4.02. The summed E-state index contributed by atoms with van der Waals surface area (Å²) in [7, 11) is 0. The second kappa shape index (κ2) is 6.10. The Bertz CT molecular complexity index is 599. The van der Waals surface area contributed by atoms with E-state index in [1.54, 1.807) is 0 Å². The predicted molar refractivity (Wildman–Crippen MR) is 81.8 cm³/mol. The van der Waals surface area contributed by atoms with Gasteiger partial charge in [0.05, 0.1) is 12.6 Å². The van der Waals surface area contributed by atoms with Gasteiger partial charge in [-0.25, -0.2) is 0 Å². The molecule has 3 rings (SSSR count). The highest BCUT2D eigenvalue weighted by Crippen LogP contribution is 2.27. The van der Waals surface area contributed by atoms with Crippen molar-refractivity contribution in [1.82, 2.24) is 5.32 Å². The lowest BCUT2D eigenvalue weighted by Gasteiger charge is -2.19. The van der Waals surface area contributed by atoms with Gasteiger partial charge in [-0.2, -0.15) is 0 Å². The Morgan fingerprint density at radius 3 is 2.19 bits per heavy atom. The molecule has 0 unspecified atom stereocenters. The molecule has 2 aromatic carbocycles. The lowest BCUT2D eigenvalue weighted by molar-refractivity contribution is -0.125. The third kappa shape index (κ3) is 2.98. The molecule has 3 heteroatoms. The molecule has 1 atom stereocenters. The van der Waals surface area contributed by atoms with Crippen LogP contribution in [0.15, 0.2) is 54.6 Å². The minimum absolute atomic E-state index is 0.0223. The van der Waals surface area contributed by atoms with Gasteiger partial charge in [-0.3, -0.25) is 4.79 Å². The number of benzene rings is 2. The van der Waals surface area contributed by atoms with Gasteiger partial charge in [0, 0.05) is 5.92 Å². The topological polar surface area (TPSA) is 49.3 Å². The molecule has 21 heavy (non-hydrogen) atoms. The zero-order valence-corrected chi connectivity index (χ0v) is 11.8. The fraction of sp³-hybridized carbons (Fsp3) is 0.278. The molecule has 2 aromatic rings. The molecular weight excluding hydrogens is 262 g/mol. The maximum absolute atomic E-state index is 12.4. The summed E-state index contributed by atoms with van der Waals surface area (Å²) in [5, 5.41) is 12.5. The van der Waals surface area contributed by atoms with Gasteiger partial charge < -0.3 is 10.4 Å². The fourth-order valence-corrected chi connectivity index (χ4v) is 2.95. The molecule has 108 valence electrons. The van der Waals surface area contributed by atoms with Gasteiger partial charge in [0.2, 0.25) is 5.91 Å². The molecule has 2 N–H and O–H groups in total. The highest BCUT2D eigenvalue weighted by atomic mass is 16.3. The van der Waals surface area contributed by atoms with E-state index in [4.69, 9.17) is 0 Å². The van der Waals surface area contributed by atoms with Crippen LogP contribution in [0, 0.1) is 5.92 Å². The minimum atomic E-state index is -0.331. The smallest absolute Gasteiger partial charge is 0.224 e. The lowest BCUT2D eigenvalue weighted by atomic mass is 10.0. The number of aliphatic hydroxyl groups is 1. The van der Waals surface area contributed by atoms with E-state index < -0.39 is 0 Å². The van der Waals surface area contributed by atoms with Crippen molar-refractivity contribution in [2.24, 2.45) is 5.92 Å². The van der Waals surface area contributed by atoms with Crippen molar-refractivity contribution >= 4 is 5.91 Å². The van der Waals surface area contributed by atoms with E-state index >= 15 is 0 Å². The van der Waals surface area contributed by atoms with Crippen molar-refractivity contribution in [3.63, 3.8) is 0 Å². The van der Waals surface area contributed by atoms with E-state index in [0.717, 1.165) is 18.4 Å². The lowest BCUT2D eigenvalue weighted by Crippen LogP contribution is -2.36. The zero-order chi connectivity index (χ0) is 14.7. The van der Waals surface area contributed by atoms with Crippen LogP contribution in [0.4, 0.5) is 0 Å². The molecule has 0 bridgehead atoms. The van der Waals surface area contributed by atoms with Gasteiger partial charge >= 0.3 is 0 Å². The largest absolute Gasteiger partial charge is 0.394 e. The maximum atomic E-state index is 12.4. The summed E-state index contributed by atoms with van der Waals surface area (Å²) in [6.45, 7) is -0.0879. The summed E-state index contributed by atoms with van der Waals surface area (Å²) >= 11 is 0. The SMILES string of the molecule is O=C(N[C@@H](CO)c1ccccc1)C1Cc2ccccc2C1. The summed E-state index contributed by atoms with van der Waals surface area (Å²) in [6, 6.07) is 17.5. The summed E-state index contributed by atoms with van der Waals surface area (Å²) in [4.78, 5) is 12.4. The number of carbonyl (C=O) groups is 1. The molecule has 0 fully saturated rings. The van der Waals surface area contributed by atoms with Crippen molar-refractivity contribution in [3.8, 4) is 0 Å². The van der Waals surface area contributed by atoms with E-state index in [1.807, 2.05) is 42.5 Å². The Morgan fingerprint density at radius 1 is 1.05 bits per heavy atom. The highest BCUT2D eigenvalue weighted by molar-refractivity contribution is 5.80. The van der Waals surface area contributed by atoms with Gasteiger partial charge in [-0.1, -0.05) is 54.6 Å². The van der Waals surface area contributed by atoms with Crippen LogP contribution in [-0.4, -0.2) is 17.6 Å². The minimum Gasteiger partial charge on any atom is -0.394 e. The van der Waals surface area contributed by atoms with Crippen LogP contribution >= 0.6 is 0 Å². The van der Waals surface area contributed by atoms with Gasteiger partial charge in [-0.05, 0) is 29.5 Å². The summed E-state index contributed by atoms with van der Waals surface area (Å²) in [5.74, 6) is -0.00531. The van der Waals surface area contributed by atoms with E-state index in [0.29, 0.717) is 0 Å². The molecule has 0 radical (unpaired) electrons. The Balaban J connectivity index is 1.67. The van der Waals surface area contributed by atoms with E-state index in [1.165, 1.54) is 11.1 Å². The summed E-state index contributed by atoms with van der Waals surface area (Å²) < 4.78 is 0. The summed E-state index contributed by atoms with van der Waals surface area (Å²) in [5.41, 5.74) is 3.46. The number of hydrogen-bond acceptors (Lipinski definition) is 2. The predicted octanol–water partition coefficient (Wildman–Crippen LogP) is 2.25.